The van der Waals surface area contributed by atoms with Crippen LogP contribution in [0.3, 0.4) is 0 Å². The van der Waals surface area contributed by atoms with Crippen LogP contribution in [0.15, 0.2) is 22.6 Å². The second kappa shape index (κ2) is 8.94. The molecule has 2 aromatic rings. The predicted octanol–water partition coefficient (Wildman–Crippen LogP) is 2.06. The van der Waals surface area contributed by atoms with Crippen LogP contribution in [0.5, 0.6) is 11.5 Å². The Morgan fingerprint density at radius 3 is 2.36 bits per heavy atom. The molecule has 0 bridgehead atoms. The van der Waals surface area contributed by atoms with E-state index >= 15 is 0 Å². The maximum atomic E-state index is 12.4. The molecule has 3 N–H and O–H groups in total. The fourth-order valence-electron chi connectivity index (χ4n) is 2.66. The first-order valence-electron chi connectivity index (χ1n) is 8.43. The van der Waals surface area contributed by atoms with Crippen LogP contribution in [0, 0.1) is 6.92 Å². The average Bonchev–Trinajstić information content (AvgIpc) is 2.97. The highest BCUT2D eigenvalue weighted by Gasteiger charge is 2.29. The number of rotatable bonds is 8. The first-order chi connectivity index (χ1) is 13.3. The maximum absolute atomic E-state index is 12.4. The highest BCUT2D eigenvalue weighted by Crippen LogP contribution is 2.29. The summed E-state index contributed by atoms with van der Waals surface area (Å²) in [6.07, 6.45) is -0.0347. The van der Waals surface area contributed by atoms with Gasteiger partial charge < -0.3 is 24.4 Å². The molecule has 9 heteroatoms. The van der Waals surface area contributed by atoms with E-state index in [1.807, 2.05) is 0 Å². The number of furan rings is 1. The lowest BCUT2D eigenvalue weighted by atomic mass is 10.1. The number of carbonyl (C=O) groups is 3. The number of esters is 1. The second-order valence-electron chi connectivity index (χ2n) is 5.74. The standard InChI is InChI=1S/C19H22N2O7/c1-5-27-19(24)15-10(2)28-18(16(15)17(20)23)21-14(22)9-11-6-7-12(25-3)13(8-11)26-4/h6-8H,5,9H2,1-4H3,(H2,20,23)(H,21,22). The van der Waals surface area contributed by atoms with E-state index in [-0.39, 0.29) is 35.8 Å². The monoisotopic (exact) mass is 390 g/mol. The number of carbonyl (C=O) groups excluding carboxylic acids is 3. The SMILES string of the molecule is CCOC(=O)c1c(C)oc(NC(=O)Cc2ccc(OC)c(OC)c2)c1C(N)=O. The minimum Gasteiger partial charge on any atom is -0.493 e. The van der Waals surface area contributed by atoms with Crippen molar-refractivity contribution in [2.24, 2.45) is 5.73 Å². The molecule has 0 aliphatic carbocycles. The number of benzene rings is 1. The Kier molecular flexibility index (Phi) is 6.64. The molecule has 0 spiro atoms. The third-order valence-electron chi connectivity index (χ3n) is 3.88. The van der Waals surface area contributed by atoms with E-state index in [0.717, 1.165) is 0 Å². The number of primary amides is 1. The van der Waals surface area contributed by atoms with Crippen LogP contribution >= 0.6 is 0 Å². The highest BCUT2D eigenvalue weighted by atomic mass is 16.5. The molecule has 150 valence electrons. The number of ether oxygens (including phenoxy) is 3. The third kappa shape index (κ3) is 4.43. The van der Waals surface area contributed by atoms with Crippen LogP contribution < -0.4 is 20.5 Å². The summed E-state index contributed by atoms with van der Waals surface area (Å²) in [6, 6.07) is 5.03. The van der Waals surface area contributed by atoms with Gasteiger partial charge in [-0.3, -0.25) is 14.9 Å². The zero-order valence-corrected chi connectivity index (χ0v) is 16.1. The first-order valence-corrected chi connectivity index (χ1v) is 8.43. The van der Waals surface area contributed by atoms with Crippen LogP contribution in [0.25, 0.3) is 0 Å². The summed E-state index contributed by atoms with van der Waals surface area (Å²) in [5.41, 5.74) is 5.69. The second-order valence-corrected chi connectivity index (χ2v) is 5.74. The van der Waals surface area contributed by atoms with Gasteiger partial charge in [-0.25, -0.2) is 4.79 Å². The molecule has 0 saturated carbocycles. The van der Waals surface area contributed by atoms with Crippen molar-refractivity contribution in [2.75, 3.05) is 26.1 Å². The van der Waals surface area contributed by atoms with E-state index in [1.165, 1.54) is 21.1 Å². The van der Waals surface area contributed by atoms with Gasteiger partial charge in [-0.15, -0.1) is 0 Å². The molecule has 0 unspecified atom stereocenters. The summed E-state index contributed by atoms with van der Waals surface area (Å²) < 4.78 is 20.7. The number of hydrogen-bond donors (Lipinski definition) is 2. The Morgan fingerprint density at radius 2 is 1.79 bits per heavy atom. The van der Waals surface area contributed by atoms with Gasteiger partial charge in [0.25, 0.3) is 5.91 Å². The van der Waals surface area contributed by atoms with Crippen LogP contribution in [-0.2, 0) is 16.0 Å². The topological polar surface area (TPSA) is 130 Å². The molecule has 9 nitrogen and oxygen atoms in total. The number of nitrogens with two attached hydrogens (primary N) is 1. The minimum atomic E-state index is -0.915. The fraction of sp³-hybridized carbons (Fsp3) is 0.316. The van der Waals surface area contributed by atoms with Crippen molar-refractivity contribution in [3.05, 3.63) is 40.6 Å². The van der Waals surface area contributed by atoms with Crippen LogP contribution in [0.4, 0.5) is 5.88 Å². The van der Waals surface area contributed by atoms with Crippen molar-refractivity contribution in [3.63, 3.8) is 0 Å². The van der Waals surface area contributed by atoms with Crippen LogP contribution in [0.1, 0.15) is 39.0 Å². The lowest BCUT2D eigenvalue weighted by Gasteiger charge is -2.09. The van der Waals surface area contributed by atoms with Crippen molar-refractivity contribution >= 4 is 23.7 Å². The molecule has 0 aliphatic rings. The number of aryl methyl sites for hydroxylation is 1. The Hall–Kier alpha value is -3.49. The largest absolute Gasteiger partial charge is 0.493 e. The van der Waals surface area contributed by atoms with Gasteiger partial charge in [-0.05, 0) is 31.5 Å². The van der Waals surface area contributed by atoms with Gasteiger partial charge in [0.05, 0.1) is 27.2 Å². The summed E-state index contributed by atoms with van der Waals surface area (Å²) in [4.78, 5) is 36.3. The maximum Gasteiger partial charge on any atom is 0.342 e. The van der Waals surface area contributed by atoms with Gasteiger partial charge in [-0.1, -0.05) is 6.07 Å². The van der Waals surface area contributed by atoms with Gasteiger partial charge in [0.1, 0.15) is 16.9 Å². The van der Waals surface area contributed by atoms with Crippen molar-refractivity contribution < 1.29 is 33.0 Å². The summed E-state index contributed by atoms with van der Waals surface area (Å²) in [5, 5.41) is 2.48. The number of anilines is 1. The zero-order chi connectivity index (χ0) is 20.8. The molecule has 1 heterocycles. The third-order valence-corrected chi connectivity index (χ3v) is 3.88. The highest BCUT2D eigenvalue weighted by molar-refractivity contribution is 6.10. The predicted molar refractivity (Wildman–Crippen MR) is 99.8 cm³/mol. The zero-order valence-electron chi connectivity index (χ0n) is 16.1. The van der Waals surface area contributed by atoms with Crippen molar-refractivity contribution in [1.29, 1.82) is 0 Å². The number of hydrogen-bond acceptors (Lipinski definition) is 7. The minimum absolute atomic E-state index is 0.0347. The Balaban J connectivity index is 2.26. The molecule has 0 fully saturated rings. The number of methoxy groups -OCH3 is 2. The molecular formula is C19H22N2O7. The van der Waals surface area contributed by atoms with Gasteiger partial charge in [0, 0.05) is 0 Å². The normalized spacial score (nSPS) is 10.3. The molecule has 28 heavy (non-hydrogen) atoms. The smallest absolute Gasteiger partial charge is 0.342 e. The summed E-state index contributed by atoms with van der Waals surface area (Å²) in [7, 11) is 3.00. The van der Waals surface area contributed by atoms with Crippen molar-refractivity contribution in [1.82, 2.24) is 0 Å². The molecule has 2 amide bonds. The van der Waals surface area contributed by atoms with E-state index < -0.39 is 17.8 Å². The number of nitrogens with one attached hydrogen (secondary N) is 1. The van der Waals surface area contributed by atoms with E-state index in [2.05, 4.69) is 5.32 Å². The average molecular weight is 390 g/mol. The lowest BCUT2D eigenvalue weighted by Crippen LogP contribution is -2.21. The summed E-state index contributed by atoms with van der Waals surface area (Å²) >= 11 is 0. The first kappa shape index (κ1) is 20.8. The molecule has 0 aliphatic heterocycles. The fourth-order valence-corrected chi connectivity index (χ4v) is 2.66. The Morgan fingerprint density at radius 1 is 1.11 bits per heavy atom. The van der Waals surface area contributed by atoms with Gasteiger partial charge in [0.15, 0.2) is 11.5 Å². The lowest BCUT2D eigenvalue weighted by molar-refractivity contribution is -0.115. The van der Waals surface area contributed by atoms with Crippen LogP contribution in [-0.4, -0.2) is 38.6 Å². The summed E-state index contributed by atoms with van der Waals surface area (Å²) in [6.45, 7) is 3.22. The van der Waals surface area contributed by atoms with Gasteiger partial charge in [-0.2, -0.15) is 0 Å². The molecule has 1 aromatic carbocycles. The van der Waals surface area contributed by atoms with E-state index in [4.69, 9.17) is 24.4 Å². The van der Waals surface area contributed by atoms with Gasteiger partial charge in [0.2, 0.25) is 11.8 Å². The van der Waals surface area contributed by atoms with Crippen LogP contribution in [0.2, 0.25) is 0 Å². The Bertz CT molecular complexity index is 902. The molecule has 1 aromatic heterocycles. The van der Waals surface area contributed by atoms with Gasteiger partial charge >= 0.3 is 5.97 Å². The Labute approximate surface area is 161 Å². The molecule has 0 radical (unpaired) electrons. The molecule has 2 rings (SSSR count). The van der Waals surface area contributed by atoms with E-state index in [1.54, 1.807) is 25.1 Å². The van der Waals surface area contributed by atoms with E-state index in [9.17, 15) is 14.4 Å². The molecule has 0 atom stereocenters. The number of amides is 2. The summed E-state index contributed by atoms with van der Waals surface area (Å²) in [5.74, 6) is -1.21. The quantitative estimate of drug-likeness (QED) is 0.660. The molecular weight excluding hydrogens is 368 g/mol. The van der Waals surface area contributed by atoms with E-state index in [0.29, 0.717) is 17.1 Å². The molecule has 0 saturated heterocycles. The van der Waals surface area contributed by atoms with Crippen molar-refractivity contribution in [3.8, 4) is 11.5 Å². The van der Waals surface area contributed by atoms with Crippen molar-refractivity contribution in [2.45, 2.75) is 20.3 Å².